The first-order valence-corrected chi connectivity index (χ1v) is 11.2. The van der Waals surface area contributed by atoms with Crippen LogP contribution in [0.25, 0.3) is 0 Å². The molecule has 2 N–H and O–H groups in total. The molecule has 5 heteroatoms. The second-order valence-electron chi connectivity index (χ2n) is 8.88. The van der Waals surface area contributed by atoms with Gasteiger partial charge in [0.15, 0.2) is 0 Å². The van der Waals surface area contributed by atoms with Crippen LogP contribution in [-0.2, 0) is 6.54 Å². The maximum Gasteiger partial charge on any atom is 0.315 e. The quantitative estimate of drug-likeness (QED) is 0.798. The van der Waals surface area contributed by atoms with E-state index in [4.69, 9.17) is 4.74 Å². The van der Waals surface area contributed by atoms with E-state index >= 15 is 0 Å². The fraction of sp³-hybridized carbons (Fsp3) is 0.696. The molecule has 3 aliphatic rings. The van der Waals surface area contributed by atoms with E-state index < -0.39 is 0 Å². The molecular weight excluding hydrogens is 350 g/mol. The molecule has 4 rings (SSSR count). The van der Waals surface area contributed by atoms with Crippen LogP contribution in [0.4, 0.5) is 4.79 Å². The maximum atomic E-state index is 12.5. The summed E-state index contributed by atoms with van der Waals surface area (Å²) in [6, 6.07) is 10.4. The van der Waals surface area contributed by atoms with Gasteiger partial charge >= 0.3 is 6.03 Å². The molecule has 1 saturated carbocycles. The zero-order chi connectivity index (χ0) is 19.3. The van der Waals surface area contributed by atoms with Gasteiger partial charge in [0, 0.05) is 30.7 Å². The van der Waals surface area contributed by atoms with Gasteiger partial charge in [-0.25, -0.2) is 4.79 Å². The molecule has 154 valence electrons. The lowest BCUT2D eigenvalue weighted by Crippen LogP contribution is -2.58. The molecule has 1 aromatic carbocycles. The highest BCUT2D eigenvalue weighted by Gasteiger charge is 2.38. The lowest BCUT2D eigenvalue weighted by molar-refractivity contribution is 0.0196. The van der Waals surface area contributed by atoms with Crippen LogP contribution in [0.2, 0.25) is 0 Å². The summed E-state index contributed by atoms with van der Waals surface area (Å²) in [7, 11) is 1.71. The van der Waals surface area contributed by atoms with Crippen molar-refractivity contribution >= 4 is 6.03 Å². The van der Waals surface area contributed by atoms with Crippen LogP contribution in [0.15, 0.2) is 24.3 Å². The monoisotopic (exact) mass is 385 g/mol. The molecule has 28 heavy (non-hydrogen) atoms. The molecule has 2 amide bonds. The highest BCUT2D eigenvalue weighted by atomic mass is 16.5. The summed E-state index contributed by atoms with van der Waals surface area (Å²) >= 11 is 0. The third-order valence-corrected chi connectivity index (χ3v) is 6.93. The largest absolute Gasteiger partial charge is 0.497 e. The average molecular weight is 386 g/mol. The highest BCUT2D eigenvalue weighted by Crippen LogP contribution is 2.35. The summed E-state index contributed by atoms with van der Waals surface area (Å²) in [6.07, 6.45) is 12.0. The van der Waals surface area contributed by atoms with Crippen molar-refractivity contribution in [3.63, 3.8) is 0 Å². The van der Waals surface area contributed by atoms with Crippen molar-refractivity contribution in [2.24, 2.45) is 0 Å². The van der Waals surface area contributed by atoms with E-state index in [2.05, 4.69) is 39.8 Å². The Balaban J connectivity index is 1.31. The Morgan fingerprint density at radius 3 is 2.21 bits per heavy atom. The molecule has 1 aromatic rings. The molecule has 0 spiro atoms. The Kier molecular flexibility index (Phi) is 6.40. The van der Waals surface area contributed by atoms with E-state index in [1.54, 1.807) is 7.11 Å². The number of hydrogen-bond acceptors (Lipinski definition) is 3. The number of nitrogens with zero attached hydrogens (tertiary/aromatic N) is 1. The van der Waals surface area contributed by atoms with Crippen molar-refractivity contribution < 1.29 is 9.53 Å². The van der Waals surface area contributed by atoms with Crippen LogP contribution in [0.5, 0.6) is 5.75 Å². The smallest absolute Gasteiger partial charge is 0.315 e. The molecule has 2 bridgehead atoms. The lowest BCUT2D eigenvalue weighted by atomic mass is 9.81. The summed E-state index contributed by atoms with van der Waals surface area (Å²) in [5, 5.41) is 6.52. The summed E-state index contributed by atoms with van der Waals surface area (Å²) in [5.74, 6) is 0.913. The van der Waals surface area contributed by atoms with Crippen molar-refractivity contribution in [3.05, 3.63) is 29.8 Å². The van der Waals surface area contributed by atoms with Gasteiger partial charge < -0.3 is 15.4 Å². The van der Waals surface area contributed by atoms with E-state index in [0.717, 1.165) is 38.0 Å². The van der Waals surface area contributed by atoms with Gasteiger partial charge in [-0.1, -0.05) is 37.8 Å². The molecule has 3 fully saturated rings. The maximum absolute atomic E-state index is 12.5. The number of amides is 2. The number of fused-ring (bicyclic) bond motifs is 2. The normalized spacial score (nSPS) is 28.5. The van der Waals surface area contributed by atoms with Crippen molar-refractivity contribution in [2.45, 2.75) is 94.9 Å². The fourth-order valence-electron chi connectivity index (χ4n) is 5.46. The Morgan fingerprint density at radius 2 is 1.57 bits per heavy atom. The molecular formula is C23H35N3O2. The number of methoxy groups -OCH3 is 1. The highest BCUT2D eigenvalue weighted by molar-refractivity contribution is 5.74. The summed E-state index contributed by atoms with van der Waals surface area (Å²) < 4.78 is 5.28. The first-order valence-electron chi connectivity index (χ1n) is 11.2. The van der Waals surface area contributed by atoms with E-state index in [1.807, 2.05) is 0 Å². The molecule has 2 aliphatic heterocycles. The van der Waals surface area contributed by atoms with Crippen molar-refractivity contribution in [3.8, 4) is 5.75 Å². The number of carbonyl (C=O) groups is 1. The average Bonchev–Trinajstić information content (AvgIpc) is 2.70. The van der Waals surface area contributed by atoms with Gasteiger partial charge in [0.05, 0.1) is 7.11 Å². The summed E-state index contributed by atoms with van der Waals surface area (Å²) in [4.78, 5) is 15.2. The Labute approximate surface area is 169 Å². The molecule has 2 heterocycles. The predicted molar refractivity (Wildman–Crippen MR) is 112 cm³/mol. The molecule has 5 nitrogen and oxygen atoms in total. The Hall–Kier alpha value is -1.75. The number of carbonyl (C=O) groups excluding carboxylic acids is 1. The number of nitrogens with one attached hydrogen (secondary N) is 2. The molecule has 0 aromatic heterocycles. The Morgan fingerprint density at radius 1 is 0.929 bits per heavy atom. The SMILES string of the molecule is COc1ccc(CN2[C@@H]3CCC[C@@H]2CC(NC(=O)NC2CCCCC2)C3)cc1. The van der Waals surface area contributed by atoms with Crippen LogP contribution in [0.1, 0.15) is 69.8 Å². The second-order valence-corrected chi connectivity index (χ2v) is 8.88. The van der Waals surface area contributed by atoms with Crippen LogP contribution in [0, 0.1) is 0 Å². The minimum absolute atomic E-state index is 0.0542. The first kappa shape index (κ1) is 19.6. The molecule has 0 radical (unpaired) electrons. The van der Waals surface area contributed by atoms with Gasteiger partial charge in [-0.3, -0.25) is 4.90 Å². The Bertz CT molecular complexity index is 628. The van der Waals surface area contributed by atoms with Gasteiger partial charge in [0.1, 0.15) is 5.75 Å². The number of hydrogen-bond donors (Lipinski definition) is 2. The fourth-order valence-corrected chi connectivity index (χ4v) is 5.46. The number of urea groups is 1. The van der Waals surface area contributed by atoms with E-state index in [-0.39, 0.29) is 6.03 Å². The van der Waals surface area contributed by atoms with E-state index in [9.17, 15) is 4.79 Å². The lowest BCUT2D eigenvalue weighted by Gasteiger charge is -2.49. The summed E-state index contributed by atoms with van der Waals surface area (Å²) in [6.45, 7) is 1.00. The molecule has 1 aliphatic carbocycles. The zero-order valence-electron chi connectivity index (χ0n) is 17.2. The van der Waals surface area contributed by atoms with Crippen LogP contribution in [-0.4, -0.2) is 42.2 Å². The molecule has 2 atom stereocenters. The zero-order valence-corrected chi connectivity index (χ0v) is 17.2. The topological polar surface area (TPSA) is 53.6 Å². The van der Waals surface area contributed by atoms with Gasteiger partial charge in [0.2, 0.25) is 0 Å². The summed E-state index contributed by atoms with van der Waals surface area (Å²) in [5.41, 5.74) is 1.35. The van der Waals surface area contributed by atoms with E-state index in [1.165, 1.54) is 44.1 Å². The van der Waals surface area contributed by atoms with Crippen molar-refractivity contribution in [2.75, 3.05) is 7.11 Å². The third kappa shape index (κ3) is 4.80. The molecule has 2 saturated heterocycles. The van der Waals surface area contributed by atoms with Crippen LogP contribution in [0.3, 0.4) is 0 Å². The van der Waals surface area contributed by atoms with Gasteiger partial charge in [-0.2, -0.15) is 0 Å². The van der Waals surface area contributed by atoms with E-state index in [0.29, 0.717) is 24.2 Å². The number of piperidine rings is 2. The van der Waals surface area contributed by atoms with Crippen molar-refractivity contribution in [1.29, 1.82) is 0 Å². The number of ether oxygens (including phenoxy) is 1. The predicted octanol–water partition coefficient (Wildman–Crippen LogP) is 4.21. The number of benzene rings is 1. The van der Waals surface area contributed by atoms with Crippen molar-refractivity contribution in [1.82, 2.24) is 15.5 Å². The van der Waals surface area contributed by atoms with Gasteiger partial charge in [-0.05, 0) is 56.2 Å². The molecule has 0 unspecified atom stereocenters. The first-order chi connectivity index (χ1) is 13.7. The van der Waals surface area contributed by atoms with Crippen LogP contribution < -0.4 is 15.4 Å². The third-order valence-electron chi connectivity index (χ3n) is 6.93. The minimum atomic E-state index is 0.0542. The van der Waals surface area contributed by atoms with Gasteiger partial charge in [0.25, 0.3) is 0 Å². The number of rotatable bonds is 5. The van der Waals surface area contributed by atoms with Crippen LogP contribution >= 0.6 is 0 Å². The van der Waals surface area contributed by atoms with Gasteiger partial charge in [-0.15, -0.1) is 0 Å². The standard InChI is InChI=1S/C23H35N3O2/c1-28-22-12-10-17(11-13-22)16-26-20-8-5-9-21(26)15-19(14-20)25-23(27)24-18-6-3-2-4-7-18/h10-13,18-21H,2-9,14-16H2,1H3,(H2,24,25,27)/t20-,21-/m1/s1. The minimum Gasteiger partial charge on any atom is -0.497 e. The second kappa shape index (κ2) is 9.17.